The summed E-state index contributed by atoms with van der Waals surface area (Å²) in [4.78, 5) is 0. The molecule has 0 unspecified atom stereocenters. The van der Waals surface area contributed by atoms with Gasteiger partial charge in [-0.15, -0.1) is 0 Å². The van der Waals surface area contributed by atoms with Gasteiger partial charge in [0.05, 0.1) is 13.7 Å². The van der Waals surface area contributed by atoms with Crippen molar-refractivity contribution in [2.45, 2.75) is 0 Å². The molecule has 0 aromatic heterocycles. The minimum Gasteiger partial charge on any atom is -0.378 e. The Kier molecular flexibility index (Phi) is 6.78. The standard InChI is InChI=1S/C5H13N2O/c1-8-5-4-7-3-2-6/h7H,1-6H2. The van der Waals surface area contributed by atoms with E-state index in [1.165, 1.54) is 0 Å². The summed E-state index contributed by atoms with van der Waals surface area (Å²) >= 11 is 0. The minimum absolute atomic E-state index is 0.653. The Morgan fingerprint density at radius 1 is 1.50 bits per heavy atom. The molecule has 0 fully saturated rings. The molecule has 1 radical (unpaired) electrons. The third-order valence-electron chi connectivity index (χ3n) is 0.744. The van der Waals surface area contributed by atoms with E-state index in [0.29, 0.717) is 13.2 Å². The van der Waals surface area contributed by atoms with Gasteiger partial charge in [0.1, 0.15) is 0 Å². The van der Waals surface area contributed by atoms with Crippen molar-refractivity contribution < 1.29 is 4.74 Å². The maximum Gasteiger partial charge on any atom is 0.0701 e. The summed E-state index contributed by atoms with van der Waals surface area (Å²) in [6, 6.07) is 0. The van der Waals surface area contributed by atoms with Crippen LogP contribution in [-0.4, -0.2) is 26.2 Å². The van der Waals surface area contributed by atoms with Gasteiger partial charge in [-0.2, -0.15) is 0 Å². The van der Waals surface area contributed by atoms with Crippen LogP contribution in [0.15, 0.2) is 0 Å². The molecular formula is C5H13N2O. The summed E-state index contributed by atoms with van der Waals surface area (Å²) in [6.45, 7) is 3.02. The average Bonchev–Trinajstić information content (AvgIpc) is 1.81. The van der Waals surface area contributed by atoms with Crippen molar-refractivity contribution in [2.75, 3.05) is 26.2 Å². The molecule has 3 heteroatoms. The molecule has 0 saturated heterocycles. The third-order valence-corrected chi connectivity index (χ3v) is 0.744. The molecule has 0 bridgehead atoms. The fraction of sp³-hybridized carbons (Fsp3) is 0.800. The first-order valence-electron chi connectivity index (χ1n) is 2.69. The molecule has 49 valence electrons. The van der Waals surface area contributed by atoms with Gasteiger partial charge in [0.25, 0.3) is 0 Å². The summed E-state index contributed by atoms with van der Waals surface area (Å²) in [5.41, 5.74) is 5.19. The first kappa shape index (κ1) is 7.88. The zero-order valence-electron chi connectivity index (χ0n) is 5.02. The van der Waals surface area contributed by atoms with Gasteiger partial charge in [0, 0.05) is 19.6 Å². The van der Waals surface area contributed by atoms with E-state index in [-0.39, 0.29) is 0 Å². The van der Waals surface area contributed by atoms with E-state index in [2.05, 4.69) is 17.2 Å². The van der Waals surface area contributed by atoms with Crippen LogP contribution in [0, 0.1) is 7.11 Å². The van der Waals surface area contributed by atoms with Crippen LogP contribution in [0.5, 0.6) is 0 Å². The first-order valence-corrected chi connectivity index (χ1v) is 2.69. The molecule has 3 nitrogen and oxygen atoms in total. The monoisotopic (exact) mass is 117 g/mol. The second-order valence-corrected chi connectivity index (χ2v) is 1.45. The van der Waals surface area contributed by atoms with Crippen molar-refractivity contribution in [1.29, 1.82) is 0 Å². The molecule has 0 spiro atoms. The maximum absolute atomic E-state index is 5.19. The lowest BCUT2D eigenvalue weighted by atomic mass is 10.6. The maximum atomic E-state index is 5.19. The molecule has 0 aromatic rings. The Hall–Kier alpha value is -0.120. The van der Waals surface area contributed by atoms with E-state index in [9.17, 15) is 0 Å². The molecule has 0 heterocycles. The van der Waals surface area contributed by atoms with Crippen LogP contribution in [0.2, 0.25) is 0 Å². The zero-order chi connectivity index (χ0) is 6.24. The molecule has 0 saturated carbocycles. The Bertz CT molecular complexity index is 35.4. The fourth-order valence-corrected chi connectivity index (χ4v) is 0.371. The van der Waals surface area contributed by atoms with Crippen LogP contribution in [0.3, 0.4) is 0 Å². The molecule has 0 aliphatic carbocycles. The molecule has 0 atom stereocenters. The van der Waals surface area contributed by atoms with Crippen molar-refractivity contribution in [1.82, 2.24) is 5.32 Å². The Labute approximate surface area is 50.2 Å². The molecule has 3 N–H and O–H groups in total. The third kappa shape index (κ3) is 5.88. The summed E-state index contributed by atoms with van der Waals surface area (Å²) in [5, 5.41) is 3.05. The first-order chi connectivity index (χ1) is 3.91. The molecule has 0 aliphatic heterocycles. The van der Waals surface area contributed by atoms with Gasteiger partial charge in [-0.1, -0.05) is 0 Å². The highest BCUT2D eigenvalue weighted by Gasteiger charge is 1.80. The topological polar surface area (TPSA) is 47.3 Å². The van der Waals surface area contributed by atoms with Crippen molar-refractivity contribution in [3.8, 4) is 0 Å². The number of nitrogens with two attached hydrogens (primary N) is 1. The van der Waals surface area contributed by atoms with Crippen LogP contribution in [0.4, 0.5) is 0 Å². The van der Waals surface area contributed by atoms with Crippen molar-refractivity contribution in [3.63, 3.8) is 0 Å². The van der Waals surface area contributed by atoms with Gasteiger partial charge >= 0.3 is 0 Å². The van der Waals surface area contributed by atoms with Gasteiger partial charge < -0.3 is 15.8 Å². The van der Waals surface area contributed by atoms with Gasteiger partial charge in [-0.05, 0) is 0 Å². The highest BCUT2D eigenvalue weighted by molar-refractivity contribution is 4.44. The highest BCUT2D eigenvalue weighted by Crippen LogP contribution is 1.63. The molecular weight excluding hydrogens is 104 g/mol. The molecule has 0 aromatic carbocycles. The quantitative estimate of drug-likeness (QED) is 0.470. The fourth-order valence-electron chi connectivity index (χ4n) is 0.371. The molecule has 0 rings (SSSR count). The second-order valence-electron chi connectivity index (χ2n) is 1.45. The average molecular weight is 117 g/mol. The molecule has 8 heavy (non-hydrogen) atoms. The van der Waals surface area contributed by atoms with Gasteiger partial charge in [-0.3, -0.25) is 0 Å². The van der Waals surface area contributed by atoms with Gasteiger partial charge in [-0.25, -0.2) is 0 Å². The molecule has 0 aliphatic rings. The lowest BCUT2D eigenvalue weighted by Crippen LogP contribution is -2.25. The van der Waals surface area contributed by atoms with Crippen LogP contribution < -0.4 is 11.1 Å². The number of hydrogen-bond acceptors (Lipinski definition) is 3. The van der Waals surface area contributed by atoms with Gasteiger partial charge in [0.15, 0.2) is 0 Å². The van der Waals surface area contributed by atoms with E-state index < -0.39 is 0 Å². The zero-order valence-corrected chi connectivity index (χ0v) is 5.02. The Morgan fingerprint density at radius 3 is 2.75 bits per heavy atom. The Balaban J connectivity index is 2.53. The summed E-state index contributed by atoms with van der Waals surface area (Å²) < 4.78 is 4.54. The second kappa shape index (κ2) is 6.88. The van der Waals surface area contributed by atoms with Crippen LogP contribution in [0.25, 0.3) is 0 Å². The number of nitrogens with one attached hydrogen (secondary N) is 1. The van der Waals surface area contributed by atoms with Crippen LogP contribution in [0.1, 0.15) is 0 Å². The van der Waals surface area contributed by atoms with Crippen LogP contribution in [-0.2, 0) is 4.74 Å². The predicted octanol–water partition coefficient (Wildman–Crippen LogP) is -0.657. The van der Waals surface area contributed by atoms with E-state index in [4.69, 9.17) is 5.73 Å². The SMILES string of the molecule is [CH2]OCCNCCN. The smallest absolute Gasteiger partial charge is 0.0701 e. The van der Waals surface area contributed by atoms with Crippen molar-refractivity contribution in [3.05, 3.63) is 7.11 Å². The summed E-state index contributed by atoms with van der Waals surface area (Å²) in [6.07, 6.45) is 0. The van der Waals surface area contributed by atoms with Crippen molar-refractivity contribution >= 4 is 0 Å². The number of ether oxygens (including phenoxy) is 1. The predicted molar refractivity (Wildman–Crippen MR) is 33.2 cm³/mol. The minimum atomic E-state index is 0.653. The number of rotatable bonds is 5. The van der Waals surface area contributed by atoms with Gasteiger partial charge in [0.2, 0.25) is 0 Å². The Morgan fingerprint density at radius 2 is 2.25 bits per heavy atom. The normalized spacial score (nSPS) is 9.75. The highest BCUT2D eigenvalue weighted by atomic mass is 16.5. The molecule has 0 amide bonds. The lowest BCUT2D eigenvalue weighted by molar-refractivity contribution is 0.242. The lowest BCUT2D eigenvalue weighted by Gasteiger charge is -1.98. The van der Waals surface area contributed by atoms with E-state index >= 15 is 0 Å². The van der Waals surface area contributed by atoms with Crippen molar-refractivity contribution in [2.24, 2.45) is 5.73 Å². The largest absolute Gasteiger partial charge is 0.378 e. The summed E-state index contributed by atoms with van der Waals surface area (Å²) in [7, 11) is 3.21. The summed E-state index contributed by atoms with van der Waals surface area (Å²) in [5.74, 6) is 0. The number of hydrogen-bond donors (Lipinski definition) is 2. The van der Waals surface area contributed by atoms with E-state index in [1.807, 2.05) is 0 Å². The van der Waals surface area contributed by atoms with Crippen LogP contribution >= 0.6 is 0 Å². The van der Waals surface area contributed by atoms with E-state index in [0.717, 1.165) is 13.1 Å². The van der Waals surface area contributed by atoms with E-state index in [1.54, 1.807) is 0 Å².